The molecule has 0 aromatic heterocycles. The van der Waals surface area contributed by atoms with E-state index in [0.29, 0.717) is 13.1 Å². The Morgan fingerprint density at radius 2 is 1.91 bits per heavy atom. The van der Waals surface area contributed by atoms with Gasteiger partial charge in [-0.05, 0) is 51.0 Å². The molecule has 0 radical (unpaired) electrons. The maximum absolute atomic E-state index is 12.3. The molecule has 1 aliphatic rings. The molecule has 1 aromatic carbocycles. The van der Waals surface area contributed by atoms with Gasteiger partial charge in [0, 0.05) is 13.6 Å². The Labute approximate surface area is 140 Å². The Kier molecular flexibility index (Phi) is 8.46. The molecule has 5 heteroatoms. The topological polar surface area (TPSA) is 35.6 Å². The molecule has 1 saturated heterocycles. The Morgan fingerprint density at radius 1 is 1.27 bits per heavy atom. The van der Waals surface area contributed by atoms with Gasteiger partial charge in [0.2, 0.25) is 5.91 Å². The first-order valence-corrected chi connectivity index (χ1v) is 7.84. The highest BCUT2D eigenvalue weighted by molar-refractivity contribution is 5.85. The van der Waals surface area contributed by atoms with Gasteiger partial charge < -0.3 is 10.2 Å². The summed E-state index contributed by atoms with van der Waals surface area (Å²) in [7, 11) is 3.90. The maximum Gasteiger partial charge on any atom is 0.236 e. The van der Waals surface area contributed by atoms with Crippen LogP contribution in [0.2, 0.25) is 0 Å². The van der Waals surface area contributed by atoms with Crippen LogP contribution in [-0.2, 0) is 11.3 Å². The van der Waals surface area contributed by atoms with Crippen molar-refractivity contribution in [3.63, 3.8) is 0 Å². The SMILES string of the molecule is CNCC1CCN(CC(=O)N(C)Cc2ccccc2)CC1.Cl. The van der Waals surface area contributed by atoms with Gasteiger partial charge in [-0.3, -0.25) is 9.69 Å². The molecule has 1 aromatic rings. The van der Waals surface area contributed by atoms with Gasteiger partial charge in [-0.15, -0.1) is 12.4 Å². The molecule has 0 aliphatic carbocycles. The molecule has 0 spiro atoms. The smallest absolute Gasteiger partial charge is 0.236 e. The number of nitrogens with one attached hydrogen (secondary N) is 1. The lowest BCUT2D eigenvalue weighted by Crippen LogP contribution is -2.43. The quantitative estimate of drug-likeness (QED) is 0.869. The number of nitrogens with zero attached hydrogens (tertiary/aromatic N) is 2. The number of likely N-dealkylation sites (tertiary alicyclic amines) is 1. The Morgan fingerprint density at radius 3 is 2.50 bits per heavy atom. The predicted octanol–water partition coefficient (Wildman–Crippen LogP) is 2.00. The van der Waals surface area contributed by atoms with Crippen molar-refractivity contribution in [2.24, 2.45) is 5.92 Å². The van der Waals surface area contributed by atoms with E-state index in [1.54, 1.807) is 0 Å². The normalized spacial score (nSPS) is 16.1. The molecule has 0 bridgehead atoms. The average Bonchev–Trinajstić information content (AvgIpc) is 2.50. The molecule has 4 nitrogen and oxygen atoms in total. The number of halogens is 1. The van der Waals surface area contributed by atoms with Crippen LogP contribution in [0.25, 0.3) is 0 Å². The lowest BCUT2D eigenvalue weighted by molar-refractivity contribution is -0.132. The van der Waals surface area contributed by atoms with Crippen LogP contribution in [0.3, 0.4) is 0 Å². The minimum Gasteiger partial charge on any atom is -0.340 e. The van der Waals surface area contributed by atoms with E-state index < -0.39 is 0 Å². The molecule has 2 rings (SSSR count). The van der Waals surface area contributed by atoms with Gasteiger partial charge in [-0.2, -0.15) is 0 Å². The molecule has 0 atom stereocenters. The summed E-state index contributed by atoms with van der Waals surface area (Å²) in [6, 6.07) is 10.2. The summed E-state index contributed by atoms with van der Waals surface area (Å²) in [5, 5.41) is 3.24. The van der Waals surface area contributed by atoms with Gasteiger partial charge in [0.25, 0.3) is 0 Å². The second-order valence-corrected chi connectivity index (χ2v) is 6.01. The summed E-state index contributed by atoms with van der Waals surface area (Å²) in [6.07, 6.45) is 2.38. The second kappa shape index (κ2) is 9.82. The van der Waals surface area contributed by atoms with Gasteiger partial charge in [-0.1, -0.05) is 30.3 Å². The highest BCUT2D eigenvalue weighted by Gasteiger charge is 2.21. The number of rotatable bonds is 6. The summed E-state index contributed by atoms with van der Waals surface area (Å²) in [5.74, 6) is 0.981. The van der Waals surface area contributed by atoms with E-state index in [1.165, 1.54) is 18.4 Å². The molecule has 1 amide bonds. The fourth-order valence-corrected chi connectivity index (χ4v) is 2.89. The third-order valence-electron chi connectivity index (χ3n) is 4.25. The van der Waals surface area contributed by atoms with Crippen LogP contribution in [0.1, 0.15) is 18.4 Å². The zero-order chi connectivity index (χ0) is 15.1. The monoisotopic (exact) mass is 325 g/mol. The van der Waals surface area contributed by atoms with Gasteiger partial charge in [0.15, 0.2) is 0 Å². The molecule has 1 fully saturated rings. The molecule has 0 saturated carbocycles. The lowest BCUT2D eigenvalue weighted by Gasteiger charge is -2.32. The summed E-state index contributed by atoms with van der Waals surface area (Å²) in [4.78, 5) is 16.4. The number of piperidine rings is 1. The average molecular weight is 326 g/mol. The van der Waals surface area contributed by atoms with Crippen molar-refractivity contribution in [1.29, 1.82) is 0 Å². The van der Waals surface area contributed by atoms with Crippen LogP contribution in [0.15, 0.2) is 30.3 Å². The first kappa shape index (κ1) is 18.9. The Bertz CT molecular complexity index is 433. The number of carbonyl (C=O) groups is 1. The zero-order valence-corrected chi connectivity index (χ0v) is 14.4. The van der Waals surface area contributed by atoms with Crippen molar-refractivity contribution in [3.05, 3.63) is 35.9 Å². The van der Waals surface area contributed by atoms with Crippen molar-refractivity contribution in [2.45, 2.75) is 19.4 Å². The van der Waals surface area contributed by atoms with E-state index in [0.717, 1.165) is 25.6 Å². The van der Waals surface area contributed by atoms with Crippen molar-refractivity contribution in [3.8, 4) is 0 Å². The third-order valence-corrected chi connectivity index (χ3v) is 4.25. The van der Waals surface area contributed by atoms with Crippen molar-refractivity contribution in [1.82, 2.24) is 15.1 Å². The van der Waals surface area contributed by atoms with Crippen LogP contribution in [-0.4, -0.2) is 56.0 Å². The fraction of sp³-hybridized carbons (Fsp3) is 0.588. The summed E-state index contributed by atoms with van der Waals surface area (Å²) in [6.45, 7) is 4.41. The summed E-state index contributed by atoms with van der Waals surface area (Å²) < 4.78 is 0. The van der Waals surface area contributed by atoms with E-state index in [9.17, 15) is 4.79 Å². The fourth-order valence-electron chi connectivity index (χ4n) is 2.89. The lowest BCUT2D eigenvalue weighted by atomic mass is 9.97. The Balaban J connectivity index is 0.00000242. The first-order chi connectivity index (χ1) is 10.2. The van der Waals surface area contributed by atoms with E-state index in [1.807, 2.05) is 37.2 Å². The van der Waals surface area contributed by atoms with Crippen molar-refractivity contribution in [2.75, 3.05) is 40.3 Å². The Hall–Kier alpha value is -1.10. The summed E-state index contributed by atoms with van der Waals surface area (Å²) in [5.41, 5.74) is 1.18. The summed E-state index contributed by atoms with van der Waals surface area (Å²) >= 11 is 0. The highest BCUT2D eigenvalue weighted by Crippen LogP contribution is 2.16. The second-order valence-electron chi connectivity index (χ2n) is 6.01. The molecule has 1 heterocycles. The molecular weight excluding hydrogens is 298 g/mol. The molecule has 1 N–H and O–H groups in total. The van der Waals surface area contributed by atoms with Crippen LogP contribution in [0.5, 0.6) is 0 Å². The first-order valence-electron chi connectivity index (χ1n) is 7.84. The van der Waals surface area contributed by atoms with Gasteiger partial charge >= 0.3 is 0 Å². The minimum absolute atomic E-state index is 0. The largest absolute Gasteiger partial charge is 0.340 e. The standard InChI is InChI=1S/C17H27N3O.ClH/c1-18-12-15-8-10-20(11-9-15)14-17(21)19(2)13-16-6-4-3-5-7-16;/h3-7,15,18H,8-14H2,1-2H3;1H. The van der Waals surface area contributed by atoms with Gasteiger partial charge in [0.05, 0.1) is 6.54 Å². The molecule has 124 valence electrons. The molecular formula is C17H28ClN3O. The highest BCUT2D eigenvalue weighted by atomic mass is 35.5. The van der Waals surface area contributed by atoms with Crippen LogP contribution in [0.4, 0.5) is 0 Å². The van der Waals surface area contributed by atoms with Crippen molar-refractivity contribution < 1.29 is 4.79 Å². The minimum atomic E-state index is 0. The van der Waals surface area contributed by atoms with Crippen LogP contribution in [0, 0.1) is 5.92 Å². The number of hydrogen-bond donors (Lipinski definition) is 1. The molecule has 1 aliphatic heterocycles. The zero-order valence-electron chi connectivity index (χ0n) is 13.6. The van der Waals surface area contributed by atoms with Crippen LogP contribution >= 0.6 is 12.4 Å². The van der Waals surface area contributed by atoms with Gasteiger partial charge in [0.1, 0.15) is 0 Å². The maximum atomic E-state index is 12.3. The number of carbonyl (C=O) groups excluding carboxylic acids is 1. The number of likely N-dealkylation sites (N-methyl/N-ethyl adjacent to an activating group) is 1. The van der Waals surface area contributed by atoms with Gasteiger partial charge in [-0.25, -0.2) is 0 Å². The van der Waals surface area contributed by atoms with Crippen LogP contribution < -0.4 is 5.32 Å². The van der Waals surface area contributed by atoms with E-state index in [-0.39, 0.29) is 18.3 Å². The predicted molar refractivity (Wildman–Crippen MR) is 93.3 cm³/mol. The third kappa shape index (κ3) is 5.95. The van der Waals surface area contributed by atoms with E-state index in [4.69, 9.17) is 0 Å². The van der Waals surface area contributed by atoms with E-state index in [2.05, 4.69) is 22.3 Å². The van der Waals surface area contributed by atoms with E-state index >= 15 is 0 Å². The van der Waals surface area contributed by atoms with Crippen molar-refractivity contribution >= 4 is 18.3 Å². The molecule has 0 unspecified atom stereocenters. The molecule has 22 heavy (non-hydrogen) atoms. The number of amides is 1. The number of benzene rings is 1. The number of hydrogen-bond acceptors (Lipinski definition) is 3.